The highest BCUT2D eigenvalue weighted by atomic mass is 16.5. The molecule has 0 aliphatic carbocycles. The van der Waals surface area contributed by atoms with Crippen LogP contribution in [0.2, 0.25) is 0 Å². The van der Waals surface area contributed by atoms with Gasteiger partial charge in [0.15, 0.2) is 0 Å². The molecule has 0 heterocycles. The Bertz CT molecular complexity index is 667. The van der Waals surface area contributed by atoms with Crippen LogP contribution in [-0.4, -0.2) is 18.5 Å². The molecule has 2 rings (SSSR count). The van der Waals surface area contributed by atoms with Gasteiger partial charge in [-0.3, -0.25) is 4.79 Å². The summed E-state index contributed by atoms with van der Waals surface area (Å²) in [6.07, 6.45) is 0.702. The van der Waals surface area contributed by atoms with E-state index in [2.05, 4.69) is 5.32 Å². The van der Waals surface area contributed by atoms with Crippen molar-refractivity contribution in [2.45, 2.75) is 26.2 Å². The van der Waals surface area contributed by atoms with E-state index in [9.17, 15) is 9.59 Å². The second-order valence-electron chi connectivity index (χ2n) is 5.16. The minimum Gasteiger partial charge on any atom is -0.462 e. The van der Waals surface area contributed by atoms with Crippen molar-refractivity contribution in [1.29, 1.82) is 0 Å². The average Bonchev–Trinajstić information content (AvgIpc) is 2.57. The van der Waals surface area contributed by atoms with Gasteiger partial charge in [-0.15, -0.1) is 0 Å². The number of rotatable bonds is 6. The number of carbonyl (C=O) groups is 2. The summed E-state index contributed by atoms with van der Waals surface area (Å²) in [5.41, 5.74) is 2.00. The quantitative estimate of drug-likeness (QED) is 0.821. The number of ether oxygens (including phenoxy) is 1. The minimum absolute atomic E-state index is 0.0836. The van der Waals surface area contributed by atoms with Crippen LogP contribution in [0.5, 0.6) is 0 Å². The van der Waals surface area contributed by atoms with Gasteiger partial charge in [0.25, 0.3) is 0 Å². The van der Waals surface area contributed by atoms with Crippen LogP contribution in [0.3, 0.4) is 0 Å². The first-order chi connectivity index (χ1) is 11.2. The van der Waals surface area contributed by atoms with Gasteiger partial charge in [-0.1, -0.05) is 43.3 Å². The van der Waals surface area contributed by atoms with E-state index in [1.807, 2.05) is 37.3 Å². The Morgan fingerprint density at radius 2 is 1.78 bits per heavy atom. The van der Waals surface area contributed by atoms with Gasteiger partial charge < -0.3 is 10.1 Å². The summed E-state index contributed by atoms with van der Waals surface area (Å²) in [5.74, 6) is -0.694. The van der Waals surface area contributed by atoms with Gasteiger partial charge >= 0.3 is 5.97 Å². The number of amides is 1. The van der Waals surface area contributed by atoms with Crippen molar-refractivity contribution >= 4 is 17.6 Å². The summed E-state index contributed by atoms with van der Waals surface area (Å²) >= 11 is 0. The molecular weight excluding hydrogens is 290 g/mol. The van der Waals surface area contributed by atoms with Gasteiger partial charge in [-0.2, -0.15) is 0 Å². The fourth-order valence-electron chi connectivity index (χ4n) is 2.43. The SMILES string of the molecule is CCOC(=O)c1cccc(NC(=O)C(CC)c2ccccc2)c1. The third-order valence-electron chi connectivity index (χ3n) is 3.57. The van der Waals surface area contributed by atoms with Crippen molar-refractivity contribution in [3.63, 3.8) is 0 Å². The summed E-state index contributed by atoms with van der Waals surface area (Å²) in [4.78, 5) is 24.3. The maximum Gasteiger partial charge on any atom is 0.338 e. The second kappa shape index (κ2) is 8.13. The van der Waals surface area contributed by atoms with Crippen molar-refractivity contribution in [2.24, 2.45) is 0 Å². The van der Waals surface area contributed by atoms with Gasteiger partial charge in [-0.25, -0.2) is 4.79 Å². The highest BCUT2D eigenvalue weighted by Gasteiger charge is 2.18. The van der Waals surface area contributed by atoms with E-state index in [1.165, 1.54) is 0 Å². The zero-order chi connectivity index (χ0) is 16.7. The van der Waals surface area contributed by atoms with Gasteiger partial charge in [0.1, 0.15) is 0 Å². The molecule has 0 aliphatic rings. The fourth-order valence-corrected chi connectivity index (χ4v) is 2.43. The molecule has 0 fully saturated rings. The molecule has 0 radical (unpaired) electrons. The van der Waals surface area contributed by atoms with Crippen molar-refractivity contribution in [3.05, 3.63) is 65.7 Å². The first-order valence-electron chi connectivity index (χ1n) is 7.78. The standard InChI is InChI=1S/C19H21NO3/c1-3-17(14-9-6-5-7-10-14)18(21)20-16-12-8-11-15(13-16)19(22)23-4-2/h5-13,17H,3-4H2,1-2H3,(H,20,21). The number of esters is 1. The molecule has 0 bridgehead atoms. The van der Waals surface area contributed by atoms with E-state index in [0.717, 1.165) is 5.56 Å². The maximum atomic E-state index is 12.5. The third-order valence-corrected chi connectivity index (χ3v) is 3.57. The molecular formula is C19H21NO3. The van der Waals surface area contributed by atoms with Gasteiger partial charge in [0.05, 0.1) is 18.1 Å². The maximum absolute atomic E-state index is 12.5. The van der Waals surface area contributed by atoms with Gasteiger partial charge in [-0.05, 0) is 37.1 Å². The second-order valence-corrected chi connectivity index (χ2v) is 5.16. The zero-order valence-electron chi connectivity index (χ0n) is 13.4. The number of nitrogens with one attached hydrogen (secondary N) is 1. The van der Waals surface area contributed by atoms with Crippen LogP contribution in [0.4, 0.5) is 5.69 Å². The molecule has 4 heteroatoms. The predicted octanol–water partition coefficient (Wildman–Crippen LogP) is 4.00. The van der Waals surface area contributed by atoms with Crippen molar-refractivity contribution in [3.8, 4) is 0 Å². The Kier molecular flexibility index (Phi) is 5.92. The first-order valence-corrected chi connectivity index (χ1v) is 7.78. The molecule has 2 aromatic carbocycles. The van der Waals surface area contributed by atoms with E-state index >= 15 is 0 Å². The lowest BCUT2D eigenvalue weighted by Gasteiger charge is -2.15. The summed E-state index contributed by atoms with van der Waals surface area (Å²) in [7, 11) is 0. The highest BCUT2D eigenvalue weighted by Crippen LogP contribution is 2.22. The monoisotopic (exact) mass is 311 g/mol. The van der Waals surface area contributed by atoms with Crippen LogP contribution < -0.4 is 5.32 Å². The lowest BCUT2D eigenvalue weighted by Crippen LogP contribution is -2.20. The number of benzene rings is 2. The molecule has 0 saturated heterocycles. The molecule has 0 saturated carbocycles. The molecule has 0 aliphatic heterocycles. The summed E-state index contributed by atoms with van der Waals surface area (Å²) in [5, 5.41) is 2.88. The highest BCUT2D eigenvalue weighted by molar-refractivity contribution is 5.97. The average molecular weight is 311 g/mol. The molecule has 4 nitrogen and oxygen atoms in total. The first kappa shape index (κ1) is 16.7. The number of hydrogen-bond donors (Lipinski definition) is 1. The molecule has 1 unspecified atom stereocenters. The van der Waals surface area contributed by atoms with Crippen LogP contribution in [0.1, 0.15) is 42.1 Å². The van der Waals surface area contributed by atoms with Crippen LogP contribution in [0, 0.1) is 0 Å². The van der Waals surface area contributed by atoms with Crippen LogP contribution >= 0.6 is 0 Å². The molecule has 0 spiro atoms. The van der Waals surface area contributed by atoms with Crippen molar-refractivity contribution < 1.29 is 14.3 Å². The van der Waals surface area contributed by atoms with Gasteiger partial charge in [0, 0.05) is 5.69 Å². The Morgan fingerprint density at radius 1 is 1.04 bits per heavy atom. The lowest BCUT2D eigenvalue weighted by atomic mass is 9.95. The number of carbonyl (C=O) groups excluding carboxylic acids is 2. The van der Waals surface area contributed by atoms with Crippen molar-refractivity contribution in [1.82, 2.24) is 0 Å². The largest absolute Gasteiger partial charge is 0.462 e. The van der Waals surface area contributed by atoms with E-state index < -0.39 is 5.97 Å². The van der Waals surface area contributed by atoms with Crippen LogP contribution in [0.15, 0.2) is 54.6 Å². The fraction of sp³-hybridized carbons (Fsp3) is 0.263. The molecule has 120 valence electrons. The normalized spacial score (nSPS) is 11.6. The Hall–Kier alpha value is -2.62. The summed E-state index contributed by atoms with van der Waals surface area (Å²) < 4.78 is 4.97. The number of hydrogen-bond acceptors (Lipinski definition) is 3. The Labute approximate surface area is 136 Å². The topological polar surface area (TPSA) is 55.4 Å². The van der Waals surface area contributed by atoms with Crippen LogP contribution in [-0.2, 0) is 9.53 Å². The molecule has 1 atom stereocenters. The molecule has 2 aromatic rings. The smallest absolute Gasteiger partial charge is 0.338 e. The molecule has 23 heavy (non-hydrogen) atoms. The summed E-state index contributed by atoms with van der Waals surface area (Å²) in [6, 6.07) is 16.5. The zero-order valence-corrected chi connectivity index (χ0v) is 13.4. The summed E-state index contributed by atoms with van der Waals surface area (Å²) in [6.45, 7) is 4.06. The third kappa shape index (κ3) is 4.42. The Balaban J connectivity index is 2.13. The molecule has 1 N–H and O–H groups in total. The van der Waals surface area contributed by atoms with E-state index in [1.54, 1.807) is 31.2 Å². The van der Waals surface area contributed by atoms with Crippen molar-refractivity contribution in [2.75, 3.05) is 11.9 Å². The predicted molar refractivity (Wildman–Crippen MR) is 90.5 cm³/mol. The number of anilines is 1. The van der Waals surface area contributed by atoms with Crippen LogP contribution in [0.25, 0.3) is 0 Å². The van der Waals surface area contributed by atoms with E-state index in [4.69, 9.17) is 4.74 Å². The minimum atomic E-state index is -0.390. The van der Waals surface area contributed by atoms with E-state index in [-0.39, 0.29) is 11.8 Å². The van der Waals surface area contributed by atoms with E-state index in [0.29, 0.717) is 24.3 Å². The lowest BCUT2D eigenvalue weighted by molar-refractivity contribution is -0.117. The molecule has 1 amide bonds. The van der Waals surface area contributed by atoms with Gasteiger partial charge in [0.2, 0.25) is 5.91 Å². The molecule has 0 aromatic heterocycles. The Morgan fingerprint density at radius 3 is 2.43 bits per heavy atom.